The standard InChI is InChI=1S/C28H33N7O3/c1-38-24-9-5-2-6-20(24)27(37)35-13-12-17-10-11-19(14-18(17)16-35)32-26-21(25(30)36)15-31-28(34-26)33-23-8-4-3-7-22(23)29/h2,5-6,9-11,14-15,22-23H,3-4,7-8,12-13,16,29H2,1H3,(H2,30,36)(H2,31,32,33,34). The summed E-state index contributed by atoms with van der Waals surface area (Å²) in [7, 11) is 1.56. The van der Waals surface area contributed by atoms with Gasteiger partial charge < -0.3 is 31.7 Å². The van der Waals surface area contributed by atoms with E-state index in [4.69, 9.17) is 16.2 Å². The van der Waals surface area contributed by atoms with Crippen molar-refractivity contribution < 1.29 is 14.3 Å². The van der Waals surface area contributed by atoms with Gasteiger partial charge in [-0.05, 0) is 54.7 Å². The molecule has 2 amide bonds. The van der Waals surface area contributed by atoms with Gasteiger partial charge in [-0.25, -0.2) is 4.98 Å². The van der Waals surface area contributed by atoms with Gasteiger partial charge in [-0.1, -0.05) is 31.0 Å². The average Bonchev–Trinajstić information content (AvgIpc) is 2.93. The summed E-state index contributed by atoms with van der Waals surface area (Å²) in [5.74, 6) is 0.568. The summed E-state index contributed by atoms with van der Waals surface area (Å²) in [6.07, 6.45) is 6.29. The molecule has 1 aromatic heterocycles. The first-order chi connectivity index (χ1) is 18.4. The Labute approximate surface area is 221 Å². The number of hydrogen-bond donors (Lipinski definition) is 4. The SMILES string of the molecule is COc1ccccc1C(=O)N1CCc2ccc(Nc3nc(NC4CCCCC4N)ncc3C(N)=O)cc2C1. The highest BCUT2D eigenvalue weighted by Gasteiger charge is 2.25. The third-order valence-corrected chi connectivity index (χ3v) is 7.29. The molecule has 198 valence electrons. The molecule has 2 aliphatic rings. The number of nitrogens with zero attached hydrogens (tertiary/aromatic N) is 3. The Bertz CT molecular complexity index is 1350. The highest BCUT2D eigenvalue weighted by molar-refractivity contribution is 5.98. The van der Waals surface area contributed by atoms with Crippen LogP contribution >= 0.6 is 0 Å². The molecule has 2 atom stereocenters. The van der Waals surface area contributed by atoms with Crippen LogP contribution in [0.3, 0.4) is 0 Å². The first-order valence-corrected chi connectivity index (χ1v) is 12.9. The molecule has 0 spiro atoms. The minimum Gasteiger partial charge on any atom is -0.496 e. The number of primary amides is 1. The number of nitrogens with one attached hydrogen (secondary N) is 2. The number of nitrogens with two attached hydrogens (primary N) is 2. The van der Waals surface area contributed by atoms with Gasteiger partial charge in [0.2, 0.25) is 5.95 Å². The number of ether oxygens (including phenoxy) is 1. The maximum atomic E-state index is 13.3. The van der Waals surface area contributed by atoms with Crippen LogP contribution in [0.2, 0.25) is 0 Å². The summed E-state index contributed by atoms with van der Waals surface area (Å²) in [5, 5.41) is 6.56. The van der Waals surface area contributed by atoms with E-state index in [9.17, 15) is 9.59 Å². The van der Waals surface area contributed by atoms with Gasteiger partial charge in [-0.3, -0.25) is 9.59 Å². The lowest BCUT2D eigenvalue weighted by Crippen LogP contribution is -2.43. The van der Waals surface area contributed by atoms with Crippen LogP contribution in [0.25, 0.3) is 0 Å². The van der Waals surface area contributed by atoms with Crippen LogP contribution < -0.4 is 26.8 Å². The van der Waals surface area contributed by atoms with Gasteiger partial charge in [0.1, 0.15) is 17.1 Å². The van der Waals surface area contributed by atoms with Crippen molar-refractivity contribution in [3.05, 3.63) is 70.9 Å². The van der Waals surface area contributed by atoms with E-state index in [1.807, 2.05) is 35.2 Å². The molecule has 2 aromatic carbocycles. The van der Waals surface area contributed by atoms with Gasteiger partial charge >= 0.3 is 0 Å². The lowest BCUT2D eigenvalue weighted by molar-refractivity contribution is 0.0731. The molecule has 1 aliphatic carbocycles. The molecule has 2 unspecified atom stereocenters. The fraction of sp³-hybridized carbons (Fsp3) is 0.357. The van der Waals surface area contributed by atoms with Crippen molar-refractivity contribution in [3.63, 3.8) is 0 Å². The number of anilines is 3. The predicted molar refractivity (Wildman–Crippen MR) is 146 cm³/mol. The minimum atomic E-state index is -0.625. The molecular formula is C28H33N7O3. The zero-order valence-electron chi connectivity index (χ0n) is 21.4. The Morgan fingerprint density at radius 3 is 2.68 bits per heavy atom. The van der Waals surface area contributed by atoms with E-state index in [1.54, 1.807) is 19.2 Å². The van der Waals surface area contributed by atoms with Gasteiger partial charge in [0.25, 0.3) is 11.8 Å². The molecule has 6 N–H and O–H groups in total. The van der Waals surface area contributed by atoms with Crippen LogP contribution in [0.4, 0.5) is 17.5 Å². The van der Waals surface area contributed by atoms with Crippen LogP contribution in [-0.2, 0) is 13.0 Å². The van der Waals surface area contributed by atoms with Crippen molar-refractivity contribution in [2.75, 3.05) is 24.3 Å². The van der Waals surface area contributed by atoms with Crippen molar-refractivity contribution in [1.82, 2.24) is 14.9 Å². The molecule has 3 aromatic rings. The summed E-state index contributed by atoms with van der Waals surface area (Å²) in [4.78, 5) is 36.0. The topological polar surface area (TPSA) is 148 Å². The Balaban J connectivity index is 1.36. The number of carbonyl (C=O) groups excluding carboxylic acids is 2. The second kappa shape index (κ2) is 11.1. The summed E-state index contributed by atoms with van der Waals surface area (Å²) in [6, 6.07) is 13.3. The van der Waals surface area contributed by atoms with Gasteiger partial charge in [-0.15, -0.1) is 0 Å². The highest BCUT2D eigenvalue weighted by atomic mass is 16.5. The highest BCUT2D eigenvalue weighted by Crippen LogP contribution is 2.28. The van der Waals surface area contributed by atoms with Gasteiger partial charge in [0.15, 0.2) is 0 Å². The Hall–Kier alpha value is -4.18. The average molecular weight is 516 g/mol. The molecule has 1 saturated carbocycles. The zero-order valence-corrected chi connectivity index (χ0v) is 21.4. The molecule has 38 heavy (non-hydrogen) atoms. The molecule has 5 rings (SSSR count). The Morgan fingerprint density at radius 2 is 1.89 bits per heavy atom. The maximum absolute atomic E-state index is 13.3. The Morgan fingerprint density at radius 1 is 1.08 bits per heavy atom. The van der Waals surface area contributed by atoms with Crippen LogP contribution in [0.1, 0.15) is 57.5 Å². The molecule has 2 heterocycles. The van der Waals surface area contributed by atoms with Crippen LogP contribution in [-0.4, -0.2) is 52.4 Å². The predicted octanol–water partition coefficient (Wildman–Crippen LogP) is 3.21. The van der Waals surface area contributed by atoms with Gasteiger partial charge in [0, 0.05) is 37.1 Å². The summed E-state index contributed by atoms with van der Waals surface area (Å²) >= 11 is 0. The van der Waals surface area contributed by atoms with Crippen molar-refractivity contribution >= 4 is 29.3 Å². The number of aromatic nitrogens is 2. The number of benzene rings is 2. The Kier molecular flexibility index (Phi) is 7.41. The van der Waals surface area contributed by atoms with Crippen LogP contribution in [0, 0.1) is 0 Å². The monoisotopic (exact) mass is 515 g/mol. The van der Waals surface area contributed by atoms with E-state index in [2.05, 4.69) is 20.6 Å². The first-order valence-electron chi connectivity index (χ1n) is 12.9. The van der Waals surface area contributed by atoms with E-state index in [-0.39, 0.29) is 23.6 Å². The lowest BCUT2D eigenvalue weighted by Gasteiger charge is -2.30. The molecule has 0 bridgehead atoms. The second-order valence-corrected chi connectivity index (χ2v) is 9.80. The molecule has 0 saturated heterocycles. The molecular weight excluding hydrogens is 482 g/mol. The van der Waals surface area contributed by atoms with E-state index in [0.717, 1.165) is 43.4 Å². The number of methoxy groups -OCH3 is 1. The molecule has 10 nitrogen and oxygen atoms in total. The smallest absolute Gasteiger partial charge is 0.257 e. The number of para-hydroxylation sites is 1. The zero-order chi connectivity index (χ0) is 26.6. The van der Waals surface area contributed by atoms with Gasteiger partial charge in [-0.2, -0.15) is 4.98 Å². The molecule has 1 fully saturated rings. The summed E-state index contributed by atoms with van der Waals surface area (Å²) in [6.45, 7) is 1.08. The number of fused-ring (bicyclic) bond motifs is 1. The largest absolute Gasteiger partial charge is 0.496 e. The fourth-order valence-corrected chi connectivity index (χ4v) is 5.17. The third-order valence-electron chi connectivity index (χ3n) is 7.29. The van der Waals surface area contributed by atoms with E-state index in [1.165, 1.54) is 11.8 Å². The third kappa shape index (κ3) is 5.40. The molecule has 0 radical (unpaired) electrons. The van der Waals surface area contributed by atoms with Crippen molar-refractivity contribution in [2.45, 2.75) is 50.7 Å². The second-order valence-electron chi connectivity index (χ2n) is 9.80. The quantitative estimate of drug-likeness (QED) is 0.375. The van der Waals surface area contributed by atoms with E-state index in [0.29, 0.717) is 36.2 Å². The van der Waals surface area contributed by atoms with Crippen molar-refractivity contribution in [2.24, 2.45) is 11.5 Å². The maximum Gasteiger partial charge on any atom is 0.257 e. The number of amides is 2. The number of hydrogen-bond acceptors (Lipinski definition) is 8. The minimum absolute atomic E-state index is 0.0294. The molecule has 10 heteroatoms. The van der Waals surface area contributed by atoms with Crippen molar-refractivity contribution in [1.29, 1.82) is 0 Å². The number of carbonyl (C=O) groups is 2. The summed E-state index contributed by atoms with van der Waals surface area (Å²) in [5.41, 5.74) is 15.5. The normalized spacial score (nSPS) is 18.8. The van der Waals surface area contributed by atoms with Crippen molar-refractivity contribution in [3.8, 4) is 5.75 Å². The number of rotatable bonds is 7. The fourth-order valence-electron chi connectivity index (χ4n) is 5.17. The van der Waals surface area contributed by atoms with E-state index < -0.39 is 5.91 Å². The van der Waals surface area contributed by atoms with Crippen LogP contribution in [0.5, 0.6) is 5.75 Å². The summed E-state index contributed by atoms with van der Waals surface area (Å²) < 4.78 is 5.39. The van der Waals surface area contributed by atoms with Gasteiger partial charge in [0.05, 0.1) is 12.7 Å². The first kappa shape index (κ1) is 25.5. The van der Waals surface area contributed by atoms with Crippen LogP contribution in [0.15, 0.2) is 48.7 Å². The molecule has 1 aliphatic heterocycles. The van der Waals surface area contributed by atoms with E-state index >= 15 is 0 Å². The lowest BCUT2D eigenvalue weighted by atomic mass is 9.91.